The van der Waals surface area contributed by atoms with Gasteiger partial charge in [-0.1, -0.05) is 0 Å². The van der Waals surface area contributed by atoms with Crippen LogP contribution in [-0.2, 0) is 19.1 Å². The van der Waals surface area contributed by atoms with E-state index in [9.17, 15) is 9.59 Å². The Morgan fingerprint density at radius 2 is 2.23 bits per heavy atom. The van der Waals surface area contributed by atoms with Gasteiger partial charge in [0.05, 0.1) is 19.7 Å². The number of hydrogen-bond acceptors (Lipinski definition) is 5. The Balaban J connectivity index is 0.000000243. The standard InChI is InChI=1S/C5H8O3.C3H6OS/c1-4(6)3-5(7)8-2;1-2-5-3-4-1/h3H2,1-2H3;1-3H2. The van der Waals surface area contributed by atoms with E-state index in [2.05, 4.69) is 4.74 Å². The normalized spacial score (nSPS) is 14.3. The van der Waals surface area contributed by atoms with Crippen LogP contribution in [0.5, 0.6) is 0 Å². The fraction of sp³-hybridized carbons (Fsp3) is 0.750. The number of ketones is 1. The monoisotopic (exact) mass is 206 g/mol. The molecule has 1 aliphatic heterocycles. The summed E-state index contributed by atoms with van der Waals surface area (Å²) in [6.45, 7) is 2.31. The second-order valence-corrected chi connectivity index (χ2v) is 3.44. The number of Topliss-reactive ketones (excluding diaryl/α,β-unsaturated/α-hetero) is 1. The average Bonchev–Trinajstić information content (AvgIpc) is 2.59. The highest BCUT2D eigenvalue weighted by Gasteiger charge is 2.01. The van der Waals surface area contributed by atoms with Gasteiger partial charge < -0.3 is 9.47 Å². The highest BCUT2D eigenvalue weighted by atomic mass is 32.2. The van der Waals surface area contributed by atoms with Crippen LogP contribution >= 0.6 is 11.8 Å². The largest absolute Gasteiger partial charge is 0.469 e. The molecule has 0 aromatic rings. The Bertz CT molecular complexity index is 158. The molecule has 1 rings (SSSR count). The third-order valence-corrected chi connectivity index (χ3v) is 1.95. The molecule has 0 radical (unpaired) electrons. The molecule has 13 heavy (non-hydrogen) atoms. The van der Waals surface area contributed by atoms with Crippen molar-refractivity contribution in [2.45, 2.75) is 13.3 Å². The molecule has 5 heteroatoms. The van der Waals surface area contributed by atoms with Crippen molar-refractivity contribution in [3.63, 3.8) is 0 Å². The molecule has 1 heterocycles. The van der Waals surface area contributed by atoms with Crippen molar-refractivity contribution in [2.24, 2.45) is 0 Å². The fourth-order valence-electron chi connectivity index (χ4n) is 0.570. The highest BCUT2D eigenvalue weighted by molar-refractivity contribution is 7.99. The lowest BCUT2D eigenvalue weighted by Gasteiger charge is -1.90. The molecule has 0 unspecified atom stereocenters. The highest BCUT2D eigenvalue weighted by Crippen LogP contribution is 2.06. The van der Waals surface area contributed by atoms with Gasteiger partial charge in [0.2, 0.25) is 0 Å². The van der Waals surface area contributed by atoms with Gasteiger partial charge in [-0.05, 0) is 6.92 Å². The van der Waals surface area contributed by atoms with Crippen LogP contribution in [-0.4, -0.2) is 37.2 Å². The van der Waals surface area contributed by atoms with E-state index in [0.717, 1.165) is 12.5 Å². The van der Waals surface area contributed by atoms with Crippen LogP contribution in [0.4, 0.5) is 0 Å². The van der Waals surface area contributed by atoms with Gasteiger partial charge in [0, 0.05) is 5.75 Å². The van der Waals surface area contributed by atoms with Crippen molar-refractivity contribution in [3.05, 3.63) is 0 Å². The van der Waals surface area contributed by atoms with Gasteiger partial charge in [0.1, 0.15) is 12.2 Å². The molecule has 0 aliphatic carbocycles. The molecule has 0 N–H and O–H groups in total. The van der Waals surface area contributed by atoms with Crippen LogP contribution in [0, 0.1) is 0 Å². The van der Waals surface area contributed by atoms with Crippen LogP contribution in [0.2, 0.25) is 0 Å². The molecule has 1 fully saturated rings. The maximum Gasteiger partial charge on any atom is 0.313 e. The third kappa shape index (κ3) is 9.36. The second-order valence-electron chi connectivity index (χ2n) is 2.39. The number of hydrogen-bond donors (Lipinski definition) is 0. The summed E-state index contributed by atoms with van der Waals surface area (Å²) in [5.74, 6) is 1.47. The quantitative estimate of drug-likeness (QED) is 0.495. The summed E-state index contributed by atoms with van der Waals surface area (Å²) in [4.78, 5) is 20.3. The maximum atomic E-state index is 10.2. The topological polar surface area (TPSA) is 52.6 Å². The molecule has 0 saturated carbocycles. The molecule has 0 aromatic heterocycles. The van der Waals surface area contributed by atoms with Crippen LogP contribution in [0.25, 0.3) is 0 Å². The number of thioether (sulfide) groups is 1. The first-order valence-electron chi connectivity index (χ1n) is 3.88. The molecule has 0 atom stereocenters. The summed E-state index contributed by atoms with van der Waals surface area (Å²) in [5, 5.41) is 0. The summed E-state index contributed by atoms with van der Waals surface area (Å²) < 4.78 is 9.11. The summed E-state index contributed by atoms with van der Waals surface area (Å²) in [6.07, 6.45) is -0.115. The molecule has 4 nitrogen and oxygen atoms in total. The van der Waals surface area contributed by atoms with Crippen molar-refractivity contribution in [1.82, 2.24) is 0 Å². The summed E-state index contributed by atoms with van der Waals surface area (Å²) in [7, 11) is 1.26. The van der Waals surface area contributed by atoms with Crippen LogP contribution in [0.3, 0.4) is 0 Å². The molecular weight excluding hydrogens is 192 g/mol. The van der Waals surface area contributed by atoms with E-state index in [4.69, 9.17) is 4.74 Å². The minimum absolute atomic E-state index is 0.115. The lowest BCUT2D eigenvalue weighted by molar-refractivity contribution is -0.142. The Hall–Kier alpha value is -0.550. The lowest BCUT2D eigenvalue weighted by Crippen LogP contribution is -2.05. The van der Waals surface area contributed by atoms with Crippen LogP contribution < -0.4 is 0 Å². The zero-order valence-corrected chi connectivity index (χ0v) is 8.69. The smallest absolute Gasteiger partial charge is 0.313 e. The minimum atomic E-state index is -0.475. The number of carbonyl (C=O) groups excluding carboxylic acids is 2. The van der Waals surface area contributed by atoms with Crippen molar-refractivity contribution in [3.8, 4) is 0 Å². The van der Waals surface area contributed by atoms with Gasteiger partial charge in [0.15, 0.2) is 0 Å². The van der Waals surface area contributed by atoms with Gasteiger partial charge in [-0.15, -0.1) is 11.8 Å². The van der Waals surface area contributed by atoms with Crippen molar-refractivity contribution in [2.75, 3.05) is 25.4 Å². The third-order valence-electron chi connectivity index (χ3n) is 1.16. The molecule has 0 aromatic carbocycles. The van der Waals surface area contributed by atoms with E-state index >= 15 is 0 Å². The number of rotatable bonds is 2. The average molecular weight is 206 g/mol. The van der Waals surface area contributed by atoms with E-state index in [1.165, 1.54) is 19.8 Å². The van der Waals surface area contributed by atoms with Gasteiger partial charge in [-0.25, -0.2) is 0 Å². The van der Waals surface area contributed by atoms with Crippen molar-refractivity contribution < 1.29 is 19.1 Å². The minimum Gasteiger partial charge on any atom is -0.469 e. The molecule has 0 amide bonds. The van der Waals surface area contributed by atoms with E-state index in [1.54, 1.807) is 0 Å². The summed E-state index contributed by atoms with van der Waals surface area (Å²) in [5.41, 5.74) is 0. The zero-order valence-electron chi connectivity index (χ0n) is 7.87. The van der Waals surface area contributed by atoms with Crippen LogP contribution in [0.1, 0.15) is 13.3 Å². The molecule has 76 valence electrons. The predicted octanol–water partition coefficient (Wildman–Crippen LogP) is 0.846. The predicted molar refractivity (Wildman–Crippen MR) is 50.6 cm³/mol. The summed E-state index contributed by atoms with van der Waals surface area (Å²) in [6, 6.07) is 0. The lowest BCUT2D eigenvalue weighted by atomic mass is 10.3. The molecule has 1 aliphatic rings. The molecule has 0 bridgehead atoms. The Morgan fingerprint density at radius 1 is 1.54 bits per heavy atom. The number of ether oxygens (including phenoxy) is 2. The SMILES string of the molecule is C1CSCO1.COC(=O)CC(C)=O. The van der Waals surface area contributed by atoms with Crippen molar-refractivity contribution in [1.29, 1.82) is 0 Å². The molecular formula is C8H14O4S. The van der Waals surface area contributed by atoms with E-state index < -0.39 is 5.97 Å². The number of esters is 1. The Kier molecular flexibility index (Phi) is 7.73. The first-order valence-corrected chi connectivity index (χ1v) is 5.04. The summed E-state index contributed by atoms with van der Waals surface area (Å²) >= 11 is 1.85. The maximum absolute atomic E-state index is 10.2. The van der Waals surface area contributed by atoms with Gasteiger partial charge in [-0.3, -0.25) is 9.59 Å². The molecule has 0 spiro atoms. The van der Waals surface area contributed by atoms with E-state index in [-0.39, 0.29) is 12.2 Å². The van der Waals surface area contributed by atoms with Gasteiger partial charge in [0.25, 0.3) is 0 Å². The van der Waals surface area contributed by atoms with Crippen LogP contribution in [0.15, 0.2) is 0 Å². The first-order chi connectivity index (χ1) is 6.16. The van der Waals surface area contributed by atoms with E-state index in [0.29, 0.717) is 0 Å². The fourth-order valence-corrected chi connectivity index (χ4v) is 1.16. The number of carbonyl (C=O) groups is 2. The van der Waals surface area contributed by atoms with Gasteiger partial charge in [-0.2, -0.15) is 0 Å². The van der Waals surface area contributed by atoms with E-state index in [1.807, 2.05) is 11.8 Å². The first kappa shape index (κ1) is 12.4. The molecule has 1 saturated heterocycles. The number of methoxy groups -OCH3 is 1. The Labute approximate surface area is 82.0 Å². The van der Waals surface area contributed by atoms with Gasteiger partial charge >= 0.3 is 5.97 Å². The zero-order chi connectivity index (χ0) is 10.1. The van der Waals surface area contributed by atoms with Crippen molar-refractivity contribution >= 4 is 23.5 Å². The Morgan fingerprint density at radius 3 is 2.38 bits per heavy atom. The second kappa shape index (κ2) is 8.07.